The molecule has 3 fully saturated rings. The second-order valence-electron chi connectivity index (χ2n) is 7.29. The van der Waals surface area contributed by atoms with E-state index >= 15 is 0 Å². The number of pyridine rings is 1. The minimum atomic E-state index is 0.0866. The Morgan fingerprint density at radius 2 is 2.12 bits per heavy atom. The van der Waals surface area contributed by atoms with Gasteiger partial charge in [-0.05, 0) is 25.3 Å². The SMILES string of the molecule is COc1ccc(C(=O)N2CC3(CC(NC4CCCC4)CS3)C2)cn1. The zero-order valence-electron chi connectivity index (χ0n) is 14.2. The molecule has 4 rings (SSSR count). The molecule has 1 saturated carbocycles. The summed E-state index contributed by atoms with van der Waals surface area (Å²) in [7, 11) is 1.58. The highest BCUT2D eigenvalue weighted by Gasteiger charge is 2.50. The topological polar surface area (TPSA) is 54.5 Å². The van der Waals surface area contributed by atoms with Gasteiger partial charge in [-0.2, -0.15) is 0 Å². The first-order valence-electron chi connectivity index (χ1n) is 8.87. The number of carbonyl (C=O) groups is 1. The lowest BCUT2D eigenvalue weighted by atomic mass is 9.91. The fourth-order valence-corrected chi connectivity index (χ4v) is 5.78. The molecular weight excluding hydrogens is 322 g/mol. The molecule has 3 aliphatic rings. The van der Waals surface area contributed by atoms with E-state index in [9.17, 15) is 4.79 Å². The Labute approximate surface area is 147 Å². The second-order valence-corrected chi connectivity index (χ2v) is 8.78. The molecule has 24 heavy (non-hydrogen) atoms. The van der Waals surface area contributed by atoms with E-state index in [1.807, 2.05) is 4.90 Å². The summed E-state index contributed by atoms with van der Waals surface area (Å²) in [6.45, 7) is 1.73. The summed E-state index contributed by atoms with van der Waals surface area (Å²) in [6.07, 6.45) is 8.23. The minimum absolute atomic E-state index is 0.0866. The molecule has 5 nitrogen and oxygen atoms in total. The van der Waals surface area contributed by atoms with Crippen molar-refractivity contribution in [3.63, 3.8) is 0 Å². The predicted octanol–water partition coefficient (Wildman–Crippen LogP) is 2.32. The molecule has 1 N–H and O–H groups in total. The van der Waals surface area contributed by atoms with E-state index in [1.54, 1.807) is 25.4 Å². The lowest BCUT2D eigenvalue weighted by molar-refractivity contribution is 0.0550. The van der Waals surface area contributed by atoms with Crippen LogP contribution < -0.4 is 10.1 Å². The molecule has 6 heteroatoms. The maximum atomic E-state index is 12.5. The number of thioether (sulfide) groups is 1. The fourth-order valence-electron chi connectivity index (χ4n) is 4.20. The molecule has 3 heterocycles. The van der Waals surface area contributed by atoms with Gasteiger partial charge >= 0.3 is 0 Å². The van der Waals surface area contributed by atoms with Gasteiger partial charge in [0.2, 0.25) is 5.88 Å². The quantitative estimate of drug-likeness (QED) is 0.906. The van der Waals surface area contributed by atoms with Crippen LogP contribution in [0.25, 0.3) is 0 Å². The van der Waals surface area contributed by atoms with Gasteiger partial charge in [-0.1, -0.05) is 12.8 Å². The molecule has 130 valence electrons. The number of hydrogen-bond donors (Lipinski definition) is 1. The van der Waals surface area contributed by atoms with Crippen molar-refractivity contribution >= 4 is 17.7 Å². The fraction of sp³-hybridized carbons (Fsp3) is 0.667. The van der Waals surface area contributed by atoms with Crippen LogP contribution in [-0.2, 0) is 0 Å². The number of rotatable bonds is 4. The molecule has 1 aromatic heterocycles. The zero-order valence-corrected chi connectivity index (χ0v) is 15.0. The van der Waals surface area contributed by atoms with Crippen LogP contribution in [0.1, 0.15) is 42.5 Å². The Balaban J connectivity index is 1.30. The Morgan fingerprint density at radius 1 is 1.33 bits per heavy atom. The number of methoxy groups -OCH3 is 1. The van der Waals surface area contributed by atoms with Crippen molar-refractivity contribution < 1.29 is 9.53 Å². The van der Waals surface area contributed by atoms with Gasteiger partial charge in [0, 0.05) is 43.2 Å². The van der Waals surface area contributed by atoms with Crippen LogP contribution in [0.4, 0.5) is 0 Å². The molecule has 1 atom stereocenters. The number of amides is 1. The van der Waals surface area contributed by atoms with E-state index < -0.39 is 0 Å². The Hall–Kier alpha value is -1.27. The van der Waals surface area contributed by atoms with Gasteiger partial charge in [0.1, 0.15) is 0 Å². The maximum Gasteiger partial charge on any atom is 0.255 e. The first-order valence-corrected chi connectivity index (χ1v) is 9.85. The van der Waals surface area contributed by atoms with Crippen molar-refractivity contribution in [3.05, 3.63) is 23.9 Å². The number of ether oxygens (including phenoxy) is 1. The molecule has 1 aromatic rings. The number of carbonyl (C=O) groups excluding carboxylic acids is 1. The van der Waals surface area contributed by atoms with Crippen LogP contribution in [-0.4, -0.2) is 58.6 Å². The average Bonchev–Trinajstić information content (AvgIpc) is 3.23. The number of aromatic nitrogens is 1. The van der Waals surface area contributed by atoms with E-state index in [2.05, 4.69) is 22.1 Å². The first kappa shape index (κ1) is 16.2. The number of hydrogen-bond acceptors (Lipinski definition) is 5. The van der Waals surface area contributed by atoms with Gasteiger partial charge in [-0.15, -0.1) is 11.8 Å². The molecule has 0 radical (unpaired) electrons. The van der Waals surface area contributed by atoms with Gasteiger partial charge in [0.25, 0.3) is 5.91 Å². The maximum absolute atomic E-state index is 12.5. The first-order chi connectivity index (χ1) is 11.7. The van der Waals surface area contributed by atoms with Gasteiger partial charge in [0.05, 0.1) is 17.4 Å². The van der Waals surface area contributed by atoms with Crippen LogP contribution >= 0.6 is 11.8 Å². The zero-order chi connectivity index (χ0) is 16.6. The van der Waals surface area contributed by atoms with Crippen molar-refractivity contribution in [3.8, 4) is 5.88 Å². The van der Waals surface area contributed by atoms with Crippen molar-refractivity contribution in [2.24, 2.45) is 0 Å². The summed E-state index contributed by atoms with van der Waals surface area (Å²) in [5.74, 6) is 1.81. The smallest absolute Gasteiger partial charge is 0.255 e. The Bertz CT molecular complexity index is 595. The molecular formula is C18H25N3O2S. The van der Waals surface area contributed by atoms with Crippen LogP contribution in [0.15, 0.2) is 18.3 Å². The normalized spacial score (nSPS) is 25.9. The Morgan fingerprint density at radius 3 is 2.79 bits per heavy atom. The minimum Gasteiger partial charge on any atom is -0.481 e. The van der Waals surface area contributed by atoms with Crippen molar-refractivity contribution in [2.45, 2.75) is 48.9 Å². The highest BCUT2D eigenvalue weighted by atomic mass is 32.2. The van der Waals surface area contributed by atoms with Gasteiger partial charge < -0.3 is 15.0 Å². The predicted molar refractivity (Wildman–Crippen MR) is 95.7 cm³/mol. The summed E-state index contributed by atoms with van der Waals surface area (Å²) >= 11 is 2.05. The van der Waals surface area contributed by atoms with Crippen LogP contribution in [0, 0.1) is 0 Å². The third-order valence-corrected chi connectivity index (χ3v) is 7.08. The summed E-state index contributed by atoms with van der Waals surface area (Å²) in [5, 5.41) is 3.84. The summed E-state index contributed by atoms with van der Waals surface area (Å²) in [5.41, 5.74) is 0.647. The number of nitrogens with zero attached hydrogens (tertiary/aromatic N) is 2. The van der Waals surface area contributed by atoms with Crippen LogP contribution in [0.2, 0.25) is 0 Å². The van der Waals surface area contributed by atoms with Gasteiger partial charge in [-0.3, -0.25) is 4.79 Å². The van der Waals surface area contributed by atoms with Gasteiger partial charge in [0.15, 0.2) is 0 Å². The molecule has 1 unspecified atom stereocenters. The third-order valence-electron chi connectivity index (χ3n) is 5.47. The van der Waals surface area contributed by atoms with E-state index in [0.29, 0.717) is 17.5 Å². The monoisotopic (exact) mass is 347 g/mol. The highest BCUT2D eigenvalue weighted by Crippen LogP contribution is 2.45. The van der Waals surface area contributed by atoms with Crippen molar-refractivity contribution in [1.82, 2.24) is 15.2 Å². The number of nitrogens with one attached hydrogen (secondary N) is 1. The largest absolute Gasteiger partial charge is 0.481 e. The van der Waals surface area contributed by atoms with E-state index in [1.165, 1.54) is 37.9 Å². The molecule has 1 amide bonds. The highest BCUT2D eigenvalue weighted by molar-refractivity contribution is 8.01. The lowest BCUT2D eigenvalue weighted by Gasteiger charge is -2.47. The number of likely N-dealkylation sites (tertiary alicyclic amines) is 1. The molecule has 2 saturated heterocycles. The van der Waals surface area contributed by atoms with Crippen LogP contribution in [0.3, 0.4) is 0 Å². The second kappa shape index (κ2) is 6.56. The molecule has 0 bridgehead atoms. The molecule has 0 aromatic carbocycles. The summed E-state index contributed by atoms with van der Waals surface area (Å²) in [6, 6.07) is 4.90. The van der Waals surface area contributed by atoms with Crippen LogP contribution in [0.5, 0.6) is 5.88 Å². The molecule has 1 aliphatic carbocycles. The van der Waals surface area contributed by atoms with Crippen molar-refractivity contribution in [2.75, 3.05) is 26.0 Å². The summed E-state index contributed by atoms with van der Waals surface area (Å²) < 4.78 is 5.33. The van der Waals surface area contributed by atoms with E-state index in [-0.39, 0.29) is 10.7 Å². The van der Waals surface area contributed by atoms with E-state index in [4.69, 9.17) is 4.74 Å². The van der Waals surface area contributed by atoms with Gasteiger partial charge in [-0.25, -0.2) is 4.98 Å². The standard InChI is InChI=1S/C18H25N3O2S/c1-23-16-7-6-13(9-19-16)17(22)21-11-18(12-21)8-15(10-24-18)20-14-4-2-3-5-14/h6-7,9,14-15,20H,2-5,8,10-12H2,1H3. The molecule has 2 aliphatic heterocycles. The Kier molecular flexibility index (Phi) is 4.43. The summed E-state index contributed by atoms with van der Waals surface area (Å²) in [4.78, 5) is 18.6. The third kappa shape index (κ3) is 3.14. The average molecular weight is 347 g/mol. The lowest BCUT2D eigenvalue weighted by Crippen LogP contribution is -2.61. The van der Waals surface area contributed by atoms with E-state index in [0.717, 1.165) is 19.1 Å². The van der Waals surface area contributed by atoms with Crippen molar-refractivity contribution in [1.29, 1.82) is 0 Å². The molecule has 1 spiro atoms.